The molecule has 0 radical (unpaired) electrons. The van der Waals surface area contributed by atoms with E-state index < -0.39 is 24.3 Å². The SMILES string of the molecule is C=C(CNC)CNC(=O)c1ccc(Nc2nc(NC3(c4ccc(Cl)cc4)CC3)nc(OCC(F)(F)F)n2)cc1. The average molecular weight is 562 g/mol. The number of halogens is 4. The summed E-state index contributed by atoms with van der Waals surface area (Å²) in [7, 11) is 1.79. The lowest BCUT2D eigenvalue weighted by molar-refractivity contribution is -0.154. The van der Waals surface area contributed by atoms with E-state index in [2.05, 4.69) is 42.8 Å². The summed E-state index contributed by atoms with van der Waals surface area (Å²) in [5.41, 5.74) is 2.23. The van der Waals surface area contributed by atoms with Gasteiger partial charge in [-0.15, -0.1) is 0 Å². The standard InChI is InChI=1S/C26H27ClF3N7O2/c1-16(13-31-2)14-32-21(38)17-3-9-20(10-4-17)33-22-34-23(36-24(35-22)39-15-26(28,29)30)37-25(11-12-25)18-5-7-19(27)8-6-18/h3-10,31H,1,11-15H2,2H3,(H,32,38)(H2,33,34,35,36,37). The molecule has 0 saturated heterocycles. The summed E-state index contributed by atoms with van der Waals surface area (Å²) in [6, 6.07) is 13.2. The van der Waals surface area contributed by atoms with Crippen LogP contribution >= 0.6 is 11.6 Å². The highest BCUT2D eigenvalue weighted by atomic mass is 35.5. The van der Waals surface area contributed by atoms with Crippen molar-refractivity contribution < 1.29 is 22.7 Å². The number of hydrogen-bond acceptors (Lipinski definition) is 8. The van der Waals surface area contributed by atoms with Crippen molar-refractivity contribution in [2.24, 2.45) is 0 Å². The highest BCUT2D eigenvalue weighted by molar-refractivity contribution is 6.30. The normalized spacial score (nSPS) is 13.9. The van der Waals surface area contributed by atoms with Crippen LogP contribution in [0.2, 0.25) is 5.02 Å². The van der Waals surface area contributed by atoms with Crippen molar-refractivity contribution in [2.75, 3.05) is 37.4 Å². The Bertz CT molecular complexity index is 1310. The first kappa shape index (κ1) is 28.1. The van der Waals surface area contributed by atoms with Gasteiger partial charge < -0.3 is 26.0 Å². The van der Waals surface area contributed by atoms with E-state index in [0.717, 1.165) is 24.0 Å². The molecule has 1 amide bonds. The van der Waals surface area contributed by atoms with Crippen LogP contribution in [0.4, 0.5) is 30.8 Å². The molecular weight excluding hydrogens is 535 g/mol. The zero-order valence-corrected chi connectivity index (χ0v) is 21.8. The van der Waals surface area contributed by atoms with Crippen LogP contribution in [0, 0.1) is 0 Å². The second kappa shape index (κ2) is 11.9. The molecule has 9 nitrogen and oxygen atoms in total. The van der Waals surface area contributed by atoms with Gasteiger partial charge in [0.15, 0.2) is 6.61 Å². The Labute approximate surface area is 228 Å². The number of benzene rings is 2. The van der Waals surface area contributed by atoms with Gasteiger partial charge in [0.2, 0.25) is 11.9 Å². The van der Waals surface area contributed by atoms with Gasteiger partial charge in [-0.1, -0.05) is 30.3 Å². The number of likely N-dealkylation sites (N-methyl/N-ethyl adjacent to an activating group) is 1. The van der Waals surface area contributed by atoms with E-state index in [1.807, 2.05) is 12.1 Å². The lowest BCUT2D eigenvalue weighted by atomic mass is 10.1. The molecule has 39 heavy (non-hydrogen) atoms. The number of ether oxygens (including phenoxy) is 1. The predicted octanol–water partition coefficient (Wildman–Crippen LogP) is 4.82. The largest absolute Gasteiger partial charge is 0.454 e. The smallest absolute Gasteiger partial charge is 0.422 e. The molecular formula is C26H27ClF3N7O2. The van der Waals surface area contributed by atoms with Gasteiger partial charge >= 0.3 is 12.2 Å². The van der Waals surface area contributed by atoms with Crippen LogP contribution in [0.1, 0.15) is 28.8 Å². The van der Waals surface area contributed by atoms with E-state index in [1.165, 1.54) is 0 Å². The minimum Gasteiger partial charge on any atom is -0.454 e. The molecule has 0 spiro atoms. The number of alkyl halides is 3. The van der Waals surface area contributed by atoms with Gasteiger partial charge in [-0.25, -0.2) is 0 Å². The number of aromatic nitrogens is 3. The average Bonchev–Trinajstić information content (AvgIpc) is 3.67. The number of carbonyl (C=O) groups is 1. The summed E-state index contributed by atoms with van der Waals surface area (Å²) in [6.45, 7) is 3.23. The first-order valence-electron chi connectivity index (χ1n) is 12.0. The third kappa shape index (κ3) is 8.04. The fourth-order valence-electron chi connectivity index (χ4n) is 3.73. The number of hydrogen-bond donors (Lipinski definition) is 4. The van der Waals surface area contributed by atoms with Crippen LogP contribution in [-0.4, -0.2) is 53.8 Å². The van der Waals surface area contributed by atoms with E-state index in [0.29, 0.717) is 29.4 Å². The Morgan fingerprint density at radius 3 is 2.31 bits per heavy atom. The number of carbonyl (C=O) groups excluding carboxylic acids is 1. The molecule has 0 atom stereocenters. The fourth-order valence-corrected chi connectivity index (χ4v) is 3.85. The zero-order valence-electron chi connectivity index (χ0n) is 21.0. The van der Waals surface area contributed by atoms with Crippen molar-refractivity contribution in [1.29, 1.82) is 0 Å². The van der Waals surface area contributed by atoms with Crippen molar-refractivity contribution in [1.82, 2.24) is 25.6 Å². The molecule has 206 valence electrons. The highest BCUT2D eigenvalue weighted by Crippen LogP contribution is 2.48. The zero-order chi connectivity index (χ0) is 28.0. The topological polar surface area (TPSA) is 113 Å². The van der Waals surface area contributed by atoms with E-state index >= 15 is 0 Å². The lowest BCUT2D eigenvalue weighted by Crippen LogP contribution is -2.28. The molecule has 1 fully saturated rings. The van der Waals surface area contributed by atoms with Gasteiger partial charge in [0.25, 0.3) is 5.91 Å². The molecule has 4 N–H and O–H groups in total. The summed E-state index contributed by atoms with van der Waals surface area (Å²) < 4.78 is 43.2. The number of nitrogens with one attached hydrogen (secondary N) is 4. The summed E-state index contributed by atoms with van der Waals surface area (Å²) in [5.74, 6) is -0.253. The maximum absolute atomic E-state index is 12.8. The van der Waals surface area contributed by atoms with Gasteiger partial charge in [0.05, 0.1) is 5.54 Å². The van der Waals surface area contributed by atoms with Crippen molar-refractivity contribution >= 4 is 35.1 Å². The number of amides is 1. The highest BCUT2D eigenvalue weighted by Gasteiger charge is 2.45. The van der Waals surface area contributed by atoms with Crippen LogP contribution in [0.3, 0.4) is 0 Å². The van der Waals surface area contributed by atoms with Crippen molar-refractivity contribution in [3.63, 3.8) is 0 Å². The molecule has 1 aromatic heterocycles. The molecule has 1 aliphatic carbocycles. The van der Waals surface area contributed by atoms with Crippen LogP contribution in [0.25, 0.3) is 0 Å². The van der Waals surface area contributed by atoms with Crippen molar-refractivity contribution in [2.45, 2.75) is 24.6 Å². The Morgan fingerprint density at radius 2 is 1.69 bits per heavy atom. The quantitative estimate of drug-likeness (QED) is 0.233. The molecule has 13 heteroatoms. The van der Waals surface area contributed by atoms with Gasteiger partial charge in [-0.05, 0) is 67.4 Å². The van der Waals surface area contributed by atoms with E-state index in [1.54, 1.807) is 43.4 Å². The van der Waals surface area contributed by atoms with Gasteiger partial charge in [0.1, 0.15) is 0 Å². The van der Waals surface area contributed by atoms with Crippen LogP contribution < -0.4 is 26.0 Å². The molecule has 0 unspecified atom stereocenters. The molecule has 3 aromatic rings. The molecule has 1 saturated carbocycles. The van der Waals surface area contributed by atoms with Gasteiger partial charge in [0, 0.05) is 29.4 Å². The van der Waals surface area contributed by atoms with Crippen LogP contribution in [0.15, 0.2) is 60.7 Å². The minimum atomic E-state index is -4.56. The molecule has 0 aliphatic heterocycles. The third-order valence-electron chi connectivity index (χ3n) is 5.81. The summed E-state index contributed by atoms with van der Waals surface area (Å²) in [6.07, 6.45) is -3.02. The monoisotopic (exact) mass is 561 g/mol. The van der Waals surface area contributed by atoms with E-state index in [-0.39, 0.29) is 17.8 Å². The second-order valence-corrected chi connectivity index (χ2v) is 9.48. The van der Waals surface area contributed by atoms with Crippen molar-refractivity contribution in [3.8, 4) is 6.01 Å². The molecule has 1 aliphatic rings. The fraction of sp³-hybridized carbons (Fsp3) is 0.308. The second-order valence-electron chi connectivity index (χ2n) is 9.05. The lowest BCUT2D eigenvalue weighted by Gasteiger charge is -2.19. The Balaban J connectivity index is 1.50. The van der Waals surface area contributed by atoms with E-state index in [9.17, 15) is 18.0 Å². The maximum Gasteiger partial charge on any atom is 0.422 e. The van der Waals surface area contributed by atoms with E-state index in [4.69, 9.17) is 16.3 Å². The molecule has 0 bridgehead atoms. The first-order chi connectivity index (χ1) is 18.5. The maximum atomic E-state index is 12.8. The third-order valence-corrected chi connectivity index (χ3v) is 6.06. The summed E-state index contributed by atoms with van der Waals surface area (Å²) in [4.78, 5) is 24.8. The number of nitrogens with zero attached hydrogens (tertiary/aromatic N) is 3. The molecule has 4 rings (SSSR count). The molecule has 2 aromatic carbocycles. The van der Waals surface area contributed by atoms with Crippen molar-refractivity contribution in [3.05, 3.63) is 76.8 Å². The molecule has 1 heterocycles. The Morgan fingerprint density at radius 1 is 1.03 bits per heavy atom. The number of anilines is 3. The van der Waals surface area contributed by atoms with Crippen LogP contribution in [0.5, 0.6) is 6.01 Å². The van der Waals surface area contributed by atoms with Crippen LogP contribution in [-0.2, 0) is 5.54 Å². The minimum absolute atomic E-state index is 0.0304. The Kier molecular flexibility index (Phi) is 8.56. The number of rotatable bonds is 12. The van der Waals surface area contributed by atoms with Gasteiger partial charge in [-0.2, -0.15) is 28.1 Å². The first-order valence-corrected chi connectivity index (χ1v) is 12.4. The summed E-state index contributed by atoms with van der Waals surface area (Å²) in [5, 5.41) is 12.5. The Hall–Kier alpha value is -3.90. The van der Waals surface area contributed by atoms with Gasteiger partial charge in [-0.3, -0.25) is 4.79 Å². The summed E-state index contributed by atoms with van der Waals surface area (Å²) >= 11 is 6.00. The predicted molar refractivity (Wildman–Crippen MR) is 142 cm³/mol.